The minimum Gasteiger partial charge on any atom is -0.465 e. The predicted molar refractivity (Wildman–Crippen MR) is 75.7 cm³/mol. The lowest BCUT2D eigenvalue weighted by atomic mass is 10.1. The first-order valence-corrected chi connectivity index (χ1v) is 7.70. The molecular formula is C13H22Cl2O4. The van der Waals surface area contributed by atoms with Crippen molar-refractivity contribution in [1.82, 2.24) is 0 Å². The van der Waals surface area contributed by atoms with E-state index in [1.807, 2.05) is 0 Å². The molecule has 19 heavy (non-hydrogen) atoms. The minimum atomic E-state index is -0.354. The summed E-state index contributed by atoms with van der Waals surface area (Å²) < 4.78 is 9.71. The number of alkyl halides is 2. The molecule has 0 radical (unpaired) electrons. The number of rotatable bonds is 12. The van der Waals surface area contributed by atoms with E-state index < -0.39 is 0 Å². The monoisotopic (exact) mass is 312 g/mol. The maximum atomic E-state index is 10.7. The Hall–Kier alpha value is -0.480. The first-order chi connectivity index (χ1) is 9.20. The Morgan fingerprint density at radius 3 is 1.26 bits per heavy atom. The first-order valence-electron chi connectivity index (χ1n) is 6.64. The van der Waals surface area contributed by atoms with Crippen molar-refractivity contribution in [2.24, 2.45) is 0 Å². The molecule has 0 rings (SSSR count). The van der Waals surface area contributed by atoms with Crippen LogP contribution in [0.25, 0.3) is 0 Å². The molecule has 0 atom stereocenters. The van der Waals surface area contributed by atoms with Gasteiger partial charge >= 0.3 is 11.9 Å². The number of hydrogen-bond donors (Lipinski definition) is 0. The third kappa shape index (κ3) is 13.7. The van der Waals surface area contributed by atoms with Crippen molar-refractivity contribution < 1.29 is 19.1 Å². The van der Waals surface area contributed by atoms with Crippen LogP contribution in [0.3, 0.4) is 0 Å². The van der Waals surface area contributed by atoms with Crippen molar-refractivity contribution in [3.05, 3.63) is 0 Å². The molecule has 0 aliphatic carbocycles. The highest BCUT2D eigenvalue weighted by Crippen LogP contribution is 2.07. The van der Waals surface area contributed by atoms with Gasteiger partial charge in [-0.1, -0.05) is 32.1 Å². The van der Waals surface area contributed by atoms with Gasteiger partial charge in [-0.05, 0) is 12.8 Å². The molecule has 0 aliphatic heterocycles. The number of unbranched alkanes of at least 4 members (excludes halogenated alkanes) is 6. The number of ether oxygens (including phenoxy) is 2. The van der Waals surface area contributed by atoms with Gasteiger partial charge < -0.3 is 9.47 Å². The van der Waals surface area contributed by atoms with Gasteiger partial charge in [-0.25, -0.2) is 0 Å². The molecule has 0 bridgehead atoms. The third-order valence-electron chi connectivity index (χ3n) is 2.53. The summed E-state index contributed by atoms with van der Waals surface area (Å²) in [6.07, 6.45) is 7.27. The molecule has 4 nitrogen and oxygen atoms in total. The zero-order valence-corrected chi connectivity index (χ0v) is 12.7. The number of esters is 2. The van der Waals surface area contributed by atoms with Crippen LogP contribution in [0.2, 0.25) is 0 Å². The highest BCUT2D eigenvalue weighted by molar-refractivity contribution is 6.26. The Bertz CT molecular complexity index is 223. The van der Waals surface area contributed by atoms with E-state index in [0.717, 1.165) is 44.9 Å². The van der Waals surface area contributed by atoms with E-state index >= 15 is 0 Å². The minimum absolute atomic E-state index is 0.0751. The van der Waals surface area contributed by atoms with E-state index in [4.69, 9.17) is 32.7 Å². The first kappa shape index (κ1) is 18.5. The van der Waals surface area contributed by atoms with Crippen LogP contribution in [-0.2, 0) is 19.1 Å². The van der Waals surface area contributed by atoms with Crippen LogP contribution in [0.1, 0.15) is 44.9 Å². The molecule has 0 heterocycles. The van der Waals surface area contributed by atoms with Gasteiger partial charge in [0.2, 0.25) is 0 Å². The van der Waals surface area contributed by atoms with Gasteiger partial charge in [0.1, 0.15) is 11.8 Å². The second-order valence-corrected chi connectivity index (χ2v) is 4.72. The van der Waals surface area contributed by atoms with Crippen LogP contribution in [0, 0.1) is 0 Å². The average Bonchev–Trinajstić information content (AvgIpc) is 2.43. The van der Waals surface area contributed by atoms with E-state index in [-0.39, 0.29) is 23.7 Å². The molecule has 112 valence electrons. The van der Waals surface area contributed by atoms with Gasteiger partial charge in [0.25, 0.3) is 0 Å². The summed E-state index contributed by atoms with van der Waals surface area (Å²) in [5, 5.41) is 0. The lowest BCUT2D eigenvalue weighted by Gasteiger charge is -2.04. The maximum Gasteiger partial charge on any atom is 0.320 e. The van der Waals surface area contributed by atoms with Gasteiger partial charge in [0.15, 0.2) is 0 Å². The Kier molecular flexibility index (Phi) is 13.6. The van der Waals surface area contributed by atoms with Crippen LogP contribution in [0.5, 0.6) is 0 Å². The van der Waals surface area contributed by atoms with Crippen molar-refractivity contribution in [2.75, 3.05) is 25.0 Å². The van der Waals surface area contributed by atoms with Gasteiger partial charge in [-0.3, -0.25) is 9.59 Å². The second kappa shape index (κ2) is 13.9. The zero-order valence-electron chi connectivity index (χ0n) is 11.2. The van der Waals surface area contributed by atoms with Crippen molar-refractivity contribution in [2.45, 2.75) is 44.9 Å². The van der Waals surface area contributed by atoms with Crippen LogP contribution >= 0.6 is 23.2 Å². The summed E-state index contributed by atoms with van der Waals surface area (Å²) in [5.74, 6) is -0.857. The zero-order chi connectivity index (χ0) is 14.3. The Morgan fingerprint density at radius 2 is 0.947 bits per heavy atom. The average molecular weight is 313 g/mol. The molecular weight excluding hydrogens is 291 g/mol. The van der Waals surface area contributed by atoms with Crippen LogP contribution in [0.4, 0.5) is 0 Å². The lowest BCUT2D eigenvalue weighted by Crippen LogP contribution is -2.06. The SMILES string of the molecule is O=C(CCl)OCCCCCCCCCOC(=O)CCl. The van der Waals surface area contributed by atoms with Crippen molar-refractivity contribution in [3.63, 3.8) is 0 Å². The number of halogens is 2. The van der Waals surface area contributed by atoms with E-state index in [1.54, 1.807) is 0 Å². The number of hydrogen-bond acceptors (Lipinski definition) is 4. The standard InChI is InChI=1S/C13H22Cl2O4/c14-10-12(16)18-8-6-4-2-1-3-5-7-9-19-13(17)11-15/h1-11H2. The molecule has 0 spiro atoms. The van der Waals surface area contributed by atoms with Crippen LogP contribution < -0.4 is 0 Å². The quantitative estimate of drug-likeness (QED) is 0.315. The predicted octanol–water partition coefficient (Wildman–Crippen LogP) is 3.28. The highest BCUT2D eigenvalue weighted by Gasteiger charge is 2.00. The van der Waals surface area contributed by atoms with Gasteiger partial charge in [-0.2, -0.15) is 0 Å². The Labute approximate surface area is 124 Å². The molecule has 0 aromatic carbocycles. The maximum absolute atomic E-state index is 10.7. The lowest BCUT2D eigenvalue weighted by molar-refractivity contribution is -0.141. The summed E-state index contributed by atoms with van der Waals surface area (Å²) in [6, 6.07) is 0. The summed E-state index contributed by atoms with van der Waals surface area (Å²) in [6.45, 7) is 0.917. The molecule has 0 saturated carbocycles. The molecule has 0 aliphatic rings. The molecule has 0 aromatic rings. The second-order valence-electron chi connectivity index (χ2n) is 4.18. The topological polar surface area (TPSA) is 52.6 Å². The van der Waals surface area contributed by atoms with Gasteiger partial charge in [-0.15, -0.1) is 23.2 Å². The summed E-state index contributed by atoms with van der Waals surface area (Å²) in [4.78, 5) is 21.4. The van der Waals surface area contributed by atoms with Crippen LogP contribution in [-0.4, -0.2) is 36.9 Å². The molecule has 0 unspecified atom stereocenters. The number of carbonyl (C=O) groups excluding carboxylic acids is 2. The molecule has 0 aromatic heterocycles. The third-order valence-corrected chi connectivity index (χ3v) is 2.97. The normalized spacial score (nSPS) is 10.2. The van der Waals surface area contributed by atoms with E-state index in [1.165, 1.54) is 0 Å². The van der Waals surface area contributed by atoms with E-state index in [9.17, 15) is 9.59 Å². The fourth-order valence-corrected chi connectivity index (χ4v) is 1.69. The Morgan fingerprint density at radius 1 is 0.632 bits per heavy atom. The van der Waals surface area contributed by atoms with Crippen molar-refractivity contribution in [3.8, 4) is 0 Å². The summed E-state index contributed by atoms with van der Waals surface area (Å²) >= 11 is 10.6. The summed E-state index contributed by atoms with van der Waals surface area (Å²) in [5.41, 5.74) is 0. The number of carbonyl (C=O) groups is 2. The smallest absolute Gasteiger partial charge is 0.320 e. The molecule has 6 heteroatoms. The van der Waals surface area contributed by atoms with Crippen molar-refractivity contribution >= 4 is 35.1 Å². The van der Waals surface area contributed by atoms with Gasteiger partial charge in [0.05, 0.1) is 13.2 Å². The van der Waals surface area contributed by atoms with Crippen LogP contribution in [0.15, 0.2) is 0 Å². The molecule has 0 fully saturated rings. The van der Waals surface area contributed by atoms with Gasteiger partial charge in [0, 0.05) is 0 Å². The largest absolute Gasteiger partial charge is 0.465 e. The fraction of sp³-hybridized carbons (Fsp3) is 0.846. The molecule has 0 amide bonds. The van der Waals surface area contributed by atoms with E-state index in [2.05, 4.69) is 0 Å². The summed E-state index contributed by atoms with van der Waals surface area (Å²) in [7, 11) is 0. The van der Waals surface area contributed by atoms with E-state index in [0.29, 0.717) is 13.2 Å². The molecule has 0 N–H and O–H groups in total. The Balaban J connectivity index is 3.07. The fourth-order valence-electron chi connectivity index (χ4n) is 1.54. The highest BCUT2D eigenvalue weighted by atomic mass is 35.5. The van der Waals surface area contributed by atoms with Crippen molar-refractivity contribution in [1.29, 1.82) is 0 Å². The molecule has 0 saturated heterocycles.